The number of esters is 1. The maximum atomic E-state index is 12.5. The summed E-state index contributed by atoms with van der Waals surface area (Å²) in [6, 6.07) is 16.9. The minimum Gasteiger partial charge on any atom is -0.452 e. The zero-order chi connectivity index (χ0) is 18.5. The van der Waals surface area contributed by atoms with Gasteiger partial charge in [-0.25, -0.2) is 4.79 Å². The average Bonchev–Trinajstić information content (AvgIpc) is 2.65. The van der Waals surface area contributed by atoms with Crippen molar-refractivity contribution >= 4 is 11.9 Å². The van der Waals surface area contributed by atoms with Crippen LogP contribution in [0.15, 0.2) is 54.6 Å². The molecule has 0 aromatic heterocycles. The van der Waals surface area contributed by atoms with Crippen molar-refractivity contribution in [3.8, 4) is 11.1 Å². The Hall–Kier alpha value is -2.66. The third-order valence-electron chi connectivity index (χ3n) is 4.33. The maximum Gasteiger partial charge on any atom is 0.339 e. The Labute approximate surface area is 153 Å². The molecular formula is C21H23NO4. The van der Waals surface area contributed by atoms with Gasteiger partial charge in [-0.15, -0.1) is 0 Å². The van der Waals surface area contributed by atoms with Gasteiger partial charge in [-0.3, -0.25) is 4.79 Å². The van der Waals surface area contributed by atoms with Crippen LogP contribution in [0, 0.1) is 0 Å². The Kier molecular flexibility index (Phi) is 5.68. The second kappa shape index (κ2) is 8.15. The normalized spacial score (nSPS) is 19.8. The van der Waals surface area contributed by atoms with Crippen LogP contribution in [0.4, 0.5) is 0 Å². The summed E-state index contributed by atoms with van der Waals surface area (Å²) in [5.74, 6) is -0.690. The first-order valence-corrected chi connectivity index (χ1v) is 8.79. The first-order chi connectivity index (χ1) is 12.5. The minimum absolute atomic E-state index is 0.0165. The third-order valence-corrected chi connectivity index (χ3v) is 4.33. The van der Waals surface area contributed by atoms with E-state index in [1.807, 2.05) is 56.3 Å². The van der Waals surface area contributed by atoms with E-state index in [2.05, 4.69) is 0 Å². The van der Waals surface area contributed by atoms with Gasteiger partial charge in [-0.1, -0.05) is 48.5 Å². The van der Waals surface area contributed by atoms with Crippen molar-refractivity contribution in [1.29, 1.82) is 0 Å². The summed E-state index contributed by atoms with van der Waals surface area (Å²) in [5.41, 5.74) is 2.18. The number of carbonyl (C=O) groups excluding carboxylic acids is 2. The molecule has 1 saturated heterocycles. The molecule has 0 spiro atoms. The van der Waals surface area contributed by atoms with Crippen molar-refractivity contribution in [2.24, 2.45) is 0 Å². The summed E-state index contributed by atoms with van der Waals surface area (Å²) in [5, 5.41) is 0. The van der Waals surface area contributed by atoms with Crippen molar-refractivity contribution in [2.45, 2.75) is 26.1 Å². The first kappa shape index (κ1) is 18.1. The van der Waals surface area contributed by atoms with Crippen molar-refractivity contribution < 1.29 is 19.1 Å². The summed E-state index contributed by atoms with van der Waals surface area (Å²) in [6.07, 6.45) is -0.0329. The Morgan fingerprint density at radius 2 is 1.62 bits per heavy atom. The molecule has 2 aromatic carbocycles. The smallest absolute Gasteiger partial charge is 0.339 e. The standard InChI is InChI=1S/C21H23NO4/c1-15-12-22(13-16(2)26-15)20(23)14-25-21(24)19-11-7-6-10-18(19)17-8-4-3-5-9-17/h3-11,15-16H,12-14H2,1-2H3/t15-,16-/m1/s1. The van der Waals surface area contributed by atoms with Crippen molar-refractivity contribution in [1.82, 2.24) is 4.90 Å². The maximum absolute atomic E-state index is 12.5. The lowest BCUT2D eigenvalue weighted by Gasteiger charge is -2.35. The molecule has 136 valence electrons. The van der Waals surface area contributed by atoms with Crippen LogP contribution in [-0.4, -0.2) is 48.7 Å². The van der Waals surface area contributed by atoms with Crippen LogP contribution in [0.5, 0.6) is 0 Å². The monoisotopic (exact) mass is 353 g/mol. The lowest BCUT2D eigenvalue weighted by molar-refractivity contribution is -0.146. The molecule has 0 aliphatic carbocycles. The van der Waals surface area contributed by atoms with E-state index in [-0.39, 0.29) is 24.7 Å². The van der Waals surface area contributed by atoms with Crippen LogP contribution in [0.3, 0.4) is 0 Å². The van der Waals surface area contributed by atoms with E-state index in [4.69, 9.17) is 9.47 Å². The molecule has 1 aliphatic rings. The number of hydrogen-bond donors (Lipinski definition) is 0. The van der Waals surface area contributed by atoms with Gasteiger partial charge in [0.2, 0.25) is 0 Å². The number of ether oxygens (including phenoxy) is 2. The summed E-state index contributed by atoms with van der Waals surface area (Å²) in [4.78, 5) is 26.6. The highest BCUT2D eigenvalue weighted by molar-refractivity contribution is 5.98. The lowest BCUT2D eigenvalue weighted by atomic mass is 10.00. The molecule has 3 rings (SSSR count). The number of nitrogens with zero attached hydrogens (tertiary/aromatic N) is 1. The second-order valence-corrected chi connectivity index (χ2v) is 6.54. The lowest BCUT2D eigenvalue weighted by Crippen LogP contribution is -2.49. The molecule has 1 fully saturated rings. The average molecular weight is 353 g/mol. The highest BCUT2D eigenvalue weighted by Crippen LogP contribution is 2.24. The van der Waals surface area contributed by atoms with E-state index in [9.17, 15) is 9.59 Å². The molecule has 0 radical (unpaired) electrons. The van der Waals surface area contributed by atoms with Crippen LogP contribution < -0.4 is 0 Å². The molecule has 0 unspecified atom stereocenters. The van der Waals surface area contributed by atoms with E-state index >= 15 is 0 Å². The molecule has 0 N–H and O–H groups in total. The minimum atomic E-state index is -0.493. The van der Waals surface area contributed by atoms with Gasteiger partial charge in [0.25, 0.3) is 5.91 Å². The van der Waals surface area contributed by atoms with E-state index in [0.29, 0.717) is 18.7 Å². The first-order valence-electron chi connectivity index (χ1n) is 8.79. The molecule has 1 heterocycles. The quantitative estimate of drug-likeness (QED) is 0.793. The zero-order valence-electron chi connectivity index (χ0n) is 15.1. The number of carbonyl (C=O) groups is 2. The van der Waals surface area contributed by atoms with Crippen LogP contribution in [-0.2, 0) is 14.3 Å². The zero-order valence-corrected chi connectivity index (χ0v) is 15.1. The number of benzene rings is 2. The molecule has 2 atom stereocenters. The van der Waals surface area contributed by atoms with Gasteiger partial charge in [0.05, 0.1) is 17.8 Å². The summed E-state index contributed by atoms with van der Waals surface area (Å²) in [6.45, 7) is 4.63. The van der Waals surface area contributed by atoms with Gasteiger partial charge in [0.1, 0.15) is 0 Å². The Bertz CT molecular complexity index is 765. The molecule has 0 bridgehead atoms. The fourth-order valence-corrected chi connectivity index (χ4v) is 3.21. The van der Waals surface area contributed by atoms with E-state index in [1.165, 1.54) is 0 Å². The fourth-order valence-electron chi connectivity index (χ4n) is 3.21. The summed E-state index contributed by atoms with van der Waals surface area (Å²) in [7, 11) is 0. The SMILES string of the molecule is C[C@@H]1CN(C(=O)COC(=O)c2ccccc2-c2ccccc2)C[C@@H](C)O1. The highest BCUT2D eigenvalue weighted by Gasteiger charge is 2.26. The van der Waals surface area contributed by atoms with Gasteiger partial charge in [0.15, 0.2) is 6.61 Å². The molecule has 0 saturated carbocycles. The predicted octanol–water partition coefficient (Wildman–Crippen LogP) is 3.15. The van der Waals surface area contributed by atoms with Gasteiger partial charge in [0, 0.05) is 13.1 Å². The fraction of sp³-hybridized carbons (Fsp3) is 0.333. The number of rotatable bonds is 4. The van der Waals surface area contributed by atoms with E-state index in [1.54, 1.807) is 17.0 Å². The van der Waals surface area contributed by atoms with Gasteiger partial charge in [-0.2, -0.15) is 0 Å². The molecule has 1 amide bonds. The summed E-state index contributed by atoms with van der Waals surface area (Å²) < 4.78 is 10.9. The second-order valence-electron chi connectivity index (χ2n) is 6.54. The van der Waals surface area contributed by atoms with Gasteiger partial charge in [-0.05, 0) is 31.0 Å². The number of morpholine rings is 1. The van der Waals surface area contributed by atoms with Crippen LogP contribution in [0.1, 0.15) is 24.2 Å². The molecule has 26 heavy (non-hydrogen) atoms. The Morgan fingerprint density at radius 3 is 2.31 bits per heavy atom. The van der Waals surface area contributed by atoms with Crippen LogP contribution >= 0.6 is 0 Å². The third kappa shape index (κ3) is 4.29. The van der Waals surface area contributed by atoms with Gasteiger partial charge < -0.3 is 14.4 Å². The Morgan fingerprint density at radius 1 is 1.00 bits per heavy atom. The number of amides is 1. The predicted molar refractivity (Wildman–Crippen MR) is 98.7 cm³/mol. The molecule has 1 aliphatic heterocycles. The van der Waals surface area contributed by atoms with Crippen molar-refractivity contribution in [3.63, 3.8) is 0 Å². The molecule has 5 nitrogen and oxygen atoms in total. The van der Waals surface area contributed by atoms with E-state index in [0.717, 1.165) is 11.1 Å². The topological polar surface area (TPSA) is 55.8 Å². The number of hydrogen-bond acceptors (Lipinski definition) is 4. The van der Waals surface area contributed by atoms with Crippen LogP contribution in [0.2, 0.25) is 0 Å². The van der Waals surface area contributed by atoms with Crippen LogP contribution in [0.25, 0.3) is 11.1 Å². The molecule has 5 heteroatoms. The summed E-state index contributed by atoms with van der Waals surface area (Å²) >= 11 is 0. The molecule has 2 aromatic rings. The van der Waals surface area contributed by atoms with Crippen molar-refractivity contribution in [2.75, 3.05) is 19.7 Å². The largest absolute Gasteiger partial charge is 0.452 e. The Balaban J connectivity index is 1.67. The van der Waals surface area contributed by atoms with E-state index < -0.39 is 5.97 Å². The highest BCUT2D eigenvalue weighted by atomic mass is 16.5. The molecular weight excluding hydrogens is 330 g/mol. The van der Waals surface area contributed by atoms with Crippen molar-refractivity contribution in [3.05, 3.63) is 60.2 Å². The van der Waals surface area contributed by atoms with Gasteiger partial charge >= 0.3 is 5.97 Å².